The van der Waals surface area contributed by atoms with Crippen LogP contribution in [0.1, 0.15) is 39.0 Å². The van der Waals surface area contributed by atoms with Crippen molar-refractivity contribution in [1.82, 2.24) is 19.9 Å². The van der Waals surface area contributed by atoms with E-state index in [-0.39, 0.29) is 6.03 Å². The molecule has 0 spiro atoms. The van der Waals surface area contributed by atoms with Crippen molar-refractivity contribution in [2.24, 2.45) is 0 Å². The largest absolute Gasteiger partial charge is 0.346 e. The Morgan fingerprint density at radius 2 is 2.05 bits per heavy atom. The Labute approximate surface area is 118 Å². The number of para-hydroxylation sites is 1. The lowest BCUT2D eigenvalue weighted by atomic mass is 9.94. The number of nitrogens with zero attached hydrogens (tertiary/aromatic N) is 4. The monoisotopic (exact) mass is 272 g/mol. The van der Waals surface area contributed by atoms with Crippen molar-refractivity contribution in [3.63, 3.8) is 0 Å². The molecule has 0 saturated heterocycles. The molecule has 0 unspecified atom stereocenters. The van der Waals surface area contributed by atoms with Crippen LogP contribution in [-0.4, -0.2) is 38.5 Å². The van der Waals surface area contributed by atoms with Crippen molar-refractivity contribution in [1.29, 1.82) is 0 Å². The van der Waals surface area contributed by atoms with Gasteiger partial charge in [0, 0.05) is 12.6 Å². The van der Waals surface area contributed by atoms with Crippen molar-refractivity contribution >= 4 is 17.1 Å². The second-order valence-corrected chi connectivity index (χ2v) is 5.35. The zero-order valence-electron chi connectivity index (χ0n) is 11.8. The van der Waals surface area contributed by atoms with Gasteiger partial charge >= 0.3 is 6.03 Å². The molecule has 0 N–H and O–H groups in total. The smallest absolute Gasteiger partial charge is 0.320 e. The number of carbonyl (C=O) groups is 1. The minimum Gasteiger partial charge on any atom is -0.320 e. The maximum Gasteiger partial charge on any atom is 0.346 e. The van der Waals surface area contributed by atoms with E-state index in [2.05, 4.69) is 10.3 Å². The molecule has 106 valence electrons. The maximum atomic E-state index is 12.7. The summed E-state index contributed by atoms with van der Waals surface area (Å²) in [5.74, 6) is 0. The Kier molecular flexibility index (Phi) is 3.67. The lowest BCUT2D eigenvalue weighted by Gasteiger charge is -2.33. The predicted molar refractivity (Wildman–Crippen MR) is 77.6 cm³/mol. The molecule has 5 nitrogen and oxygen atoms in total. The van der Waals surface area contributed by atoms with Crippen LogP contribution in [0.5, 0.6) is 0 Å². The average molecular weight is 272 g/mol. The molecule has 0 bridgehead atoms. The summed E-state index contributed by atoms with van der Waals surface area (Å²) in [5.41, 5.74) is 1.55. The molecule has 0 aliphatic heterocycles. The van der Waals surface area contributed by atoms with Gasteiger partial charge in [0.25, 0.3) is 0 Å². The summed E-state index contributed by atoms with van der Waals surface area (Å²) in [6.07, 6.45) is 5.92. The molecular formula is C15H20N4O. The molecule has 1 amide bonds. The molecule has 0 atom stereocenters. The zero-order valence-corrected chi connectivity index (χ0v) is 11.8. The highest BCUT2D eigenvalue weighted by atomic mass is 16.2. The summed E-state index contributed by atoms with van der Waals surface area (Å²) in [7, 11) is 0. The van der Waals surface area contributed by atoms with Gasteiger partial charge in [-0.05, 0) is 31.9 Å². The first-order valence-electron chi connectivity index (χ1n) is 7.42. The van der Waals surface area contributed by atoms with Gasteiger partial charge in [-0.2, -0.15) is 4.68 Å². The van der Waals surface area contributed by atoms with Crippen LogP contribution < -0.4 is 0 Å². The van der Waals surface area contributed by atoms with Crippen molar-refractivity contribution in [3.8, 4) is 0 Å². The number of hydrogen-bond donors (Lipinski definition) is 0. The fourth-order valence-electron chi connectivity index (χ4n) is 3.07. The number of rotatable bonds is 2. The van der Waals surface area contributed by atoms with E-state index in [4.69, 9.17) is 0 Å². The molecule has 1 heterocycles. The van der Waals surface area contributed by atoms with Crippen LogP contribution in [0, 0.1) is 0 Å². The fourth-order valence-corrected chi connectivity index (χ4v) is 3.07. The van der Waals surface area contributed by atoms with Gasteiger partial charge in [0.1, 0.15) is 5.52 Å². The SMILES string of the molecule is CCN(C(=O)n1nnc2ccccc21)C1CCCCC1. The van der Waals surface area contributed by atoms with E-state index in [9.17, 15) is 4.79 Å². The standard InChI is InChI=1S/C15H20N4O/c1-2-18(12-8-4-3-5-9-12)15(20)19-14-11-7-6-10-13(14)16-17-19/h6-7,10-12H,2-5,8-9H2,1H3. The summed E-state index contributed by atoms with van der Waals surface area (Å²) >= 11 is 0. The molecule has 0 radical (unpaired) electrons. The second kappa shape index (κ2) is 5.61. The first-order valence-corrected chi connectivity index (χ1v) is 7.42. The summed E-state index contributed by atoms with van der Waals surface area (Å²) < 4.78 is 1.44. The van der Waals surface area contributed by atoms with E-state index in [1.807, 2.05) is 36.1 Å². The number of aromatic nitrogens is 3. The van der Waals surface area contributed by atoms with Gasteiger partial charge < -0.3 is 4.90 Å². The zero-order chi connectivity index (χ0) is 13.9. The van der Waals surface area contributed by atoms with Gasteiger partial charge in [-0.3, -0.25) is 0 Å². The van der Waals surface area contributed by atoms with Crippen LogP contribution in [0.25, 0.3) is 11.0 Å². The molecule has 1 aromatic carbocycles. The first kappa shape index (κ1) is 13.1. The highest BCUT2D eigenvalue weighted by Gasteiger charge is 2.26. The summed E-state index contributed by atoms with van der Waals surface area (Å²) in [5, 5.41) is 8.10. The van der Waals surface area contributed by atoms with E-state index < -0.39 is 0 Å². The molecule has 5 heteroatoms. The normalized spacial score (nSPS) is 16.4. The molecule has 20 heavy (non-hydrogen) atoms. The maximum absolute atomic E-state index is 12.7. The van der Waals surface area contributed by atoms with E-state index in [0.29, 0.717) is 6.04 Å². The summed E-state index contributed by atoms with van der Waals surface area (Å²) in [6, 6.07) is 7.89. The second-order valence-electron chi connectivity index (χ2n) is 5.35. The van der Waals surface area contributed by atoms with Crippen LogP contribution in [0.2, 0.25) is 0 Å². The van der Waals surface area contributed by atoms with Crippen molar-refractivity contribution < 1.29 is 4.79 Å². The summed E-state index contributed by atoms with van der Waals surface area (Å²) in [4.78, 5) is 14.7. The van der Waals surface area contributed by atoms with Crippen molar-refractivity contribution in [2.75, 3.05) is 6.54 Å². The number of amides is 1. The fraction of sp³-hybridized carbons (Fsp3) is 0.533. The van der Waals surface area contributed by atoms with Crippen LogP contribution >= 0.6 is 0 Å². The van der Waals surface area contributed by atoms with Gasteiger partial charge in [0.2, 0.25) is 0 Å². The van der Waals surface area contributed by atoms with Crippen molar-refractivity contribution in [2.45, 2.75) is 45.1 Å². The number of benzene rings is 1. The Bertz CT molecular complexity index is 601. The predicted octanol–water partition coefficient (Wildman–Crippen LogP) is 3.05. The minimum absolute atomic E-state index is 0.0481. The van der Waals surface area contributed by atoms with Gasteiger partial charge in [-0.15, -0.1) is 5.10 Å². The van der Waals surface area contributed by atoms with Crippen molar-refractivity contribution in [3.05, 3.63) is 24.3 Å². The Hall–Kier alpha value is -1.91. The lowest BCUT2D eigenvalue weighted by Crippen LogP contribution is -2.43. The summed E-state index contributed by atoms with van der Waals surface area (Å²) in [6.45, 7) is 2.75. The number of carbonyl (C=O) groups excluding carboxylic acids is 1. The molecule has 1 saturated carbocycles. The molecule has 1 aliphatic rings. The molecule has 3 rings (SSSR count). The molecular weight excluding hydrogens is 252 g/mol. The van der Waals surface area contributed by atoms with Crippen LogP contribution in [0.4, 0.5) is 4.79 Å². The van der Waals surface area contributed by atoms with E-state index >= 15 is 0 Å². The van der Waals surface area contributed by atoms with E-state index in [1.54, 1.807) is 0 Å². The third-order valence-electron chi connectivity index (χ3n) is 4.13. The highest BCUT2D eigenvalue weighted by Crippen LogP contribution is 2.23. The molecule has 1 aliphatic carbocycles. The molecule has 2 aromatic rings. The first-order chi connectivity index (χ1) is 9.81. The Morgan fingerprint density at radius 1 is 1.30 bits per heavy atom. The third kappa shape index (κ3) is 2.28. The van der Waals surface area contributed by atoms with Gasteiger partial charge in [0.05, 0.1) is 5.52 Å². The quantitative estimate of drug-likeness (QED) is 0.844. The topological polar surface area (TPSA) is 51.0 Å². The van der Waals surface area contributed by atoms with E-state index in [1.165, 1.54) is 23.9 Å². The minimum atomic E-state index is -0.0481. The molecule has 1 aromatic heterocycles. The molecule has 1 fully saturated rings. The Balaban J connectivity index is 1.89. The average Bonchev–Trinajstić information content (AvgIpc) is 2.93. The lowest BCUT2D eigenvalue weighted by molar-refractivity contribution is 0.159. The Morgan fingerprint density at radius 3 is 2.80 bits per heavy atom. The van der Waals surface area contributed by atoms with Gasteiger partial charge in [0.15, 0.2) is 0 Å². The third-order valence-corrected chi connectivity index (χ3v) is 4.13. The van der Waals surface area contributed by atoms with Gasteiger partial charge in [-0.1, -0.05) is 36.6 Å². The van der Waals surface area contributed by atoms with Crippen LogP contribution in [0.3, 0.4) is 0 Å². The van der Waals surface area contributed by atoms with E-state index in [0.717, 1.165) is 30.4 Å². The van der Waals surface area contributed by atoms with Gasteiger partial charge in [-0.25, -0.2) is 4.79 Å². The van der Waals surface area contributed by atoms with Crippen LogP contribution in [0.15, 0.2) is 24.3 Å². The van der Waals surface area contributed by atoms with Crippen LogP contribution in [-0.2, 0) is 0 Å². The number of fused-ring (bicyclic) bond motifs is 1. The highest BCUT2D eigenvalue weighted by molar-refractivity contribution is 5.87. The number of hydrogen-bond acceptors (Lipinski definition) is 3.